The van der Waals surface area contributed by atoms with Crippen molar-refractivity contribution in [2.24, 2.45) is 11.1 Å². The first-order valence-corrected chi connectivity index (χ1v) is 7.90. The molecule has 0 aliphatic carbocycles. The Bertz CT molecular complexity index is 513. The Labute approximate surface area is 116 Å². The zero-order valence-electron chi connectivity index (χ0n) is 12.3. The van der Waals surface area contributed by atoms with E-state index in [1.54, 1.807) is 24.3 Å². The van der Waals surface area contributed by atoms with Crippen LogP contribution in [0.4, 0.5) is 0 Å². The second-order valence-electron chi connectivity index (χ2n) is 6.07. The predicted molar refractivity (Wildman–Crippen MR) is 78.3 cm³/mol. The lowest BCUT2D eigenvalue weighted by Crippen LogP contribution is -2.41. The minimum absolute atomic E-state index is 0.0989. The average Bonchev–Trinajstić information content (AvgIpc) is 2.27. The highest BCUT2D eigenvalue weighted by atomic mass is 32.2. The molecular formula is C14H24N2O2S. The molecule has 1 aromatic rings. The molecule has 1 aromatic carbocycles. The molecule has 108 valence electrons. The van der Waals surface area contributed by atoms with Gasteiger partial charge >= 0.3 is 0 Å². The van der Waals surface area contributed by atoms with Crippen LogP contribution in [-0.2, 0) is 10.0 Å². The monoisotopic (exact) mass is 284 g/mol. The molecule has 0 radical (unpaired) electrons. The van der Waals surface area contributed by atoms with E-state index in [0.717, 1.165) is 5.56 Å². The molecule has 0 saturated heterocycles. The van der Waals surface area contributed by atoms with Crippen LogP contribution in [0.25, 0.3) is 0 Å². The summed E-state index contributed by atoms with van der Waals surface area (Å²) in [4.78, 5) is 0.271. The van der Waals surface area contributed by atoms with Crippen LogP contribution < -0.4 is 10.5 Å². The molecule has 0 aliphatic heterocycles. The third-order valence-electron chi connectivity index (χ3n) is 3.35. The highest BCUT2D eigenvalue weighted by molar-refractivity contribution is 7.89. The lowest BCUT2D eigenvalue weighted by atomic mass is 9.89. The molecule has 1 rings (SSSR count). The van der Waals surface area contributed by atoms with Crippen LogP contribution in [0.2, 0.25) is 0 Å². The highest BCUT2D eigenvalue weighted by Gasteiger charge is 2.25. The van der Waals surface area contributed by atoms with Crippen molar-refractivity contribution in [2.45, 2.75) is 51.6 Å². The minimum Gasteiger partial charge on any atom is -0.324 e. The molecule has 2 unspecified atom stereocenters. The van der Waals surface area contributed by atoms with E-state index < -0.39 is 10.0 Å². The third-order valence-corrected chi connectivity index (χ3v) is 4.90. The van der Waals surface area contributed by atoms with Gasteiger partial charge in [-0.1, -0.05) is 32.9 Å². The number of rotatable bonds is 4. The van der Waals surface area contributed by atoms with E-state index in [2.05, 4.69) is 4.72 Å². The molecule has 0 saturated carbocycles. The number of hydrogen-bond donors (Lipinski definition) is 2. The quantitative estimate of drug-likeness (QED) is 0.892. The Kier molecular flexibility index (Phi) is 4.76. The first-order chi connectivity index (χ1) is 8.54. The Morgan fingerprint density at radius 3 is 1.95 bits per heavy atom. The number of nitrogens with two attached hydrogens (primary N) is 1. The van der Waals surface area contributed by atoms with E-state index in [0.29, 0.717) is 0 Å². The molecule has 0 aliphatic rings. The fourth-order valence-corrected chi connectivity index (χ4v) is 2.88. The molecule has 0 spiro atoms. The Hall–Kier alpha value is -0.910. The fourth-order valence-electron chi connectivity index (χ4n) is 1.43. The van der Waals surface area contributed by atoms with Crippen LogP contribution >= 0.6 is 0 Å². The maximum absolute atomic E-state index is 12.2. The largest absolute Gasteiger partial charge is 0.324 e. The van der Waals surface area contributed by atoms with Crippen LogP contribution in [0.1, 0.15) is 46.2 Å². The summed E-state index contributed by atoms with van der Waals surface area (Å²) in [5.41, 5.74) is 6.54. The van der Waals surface area contributed by atoms with Crippen LogP contribution in [0, 0.1) is 5.41 Å². The molecule has 19 heavy (non-hydrogen) atoms. The zero-order valence-corrected chi connectivity index (χ0v) is 13.1. The van der Waals surface area contributed by atoms with Gasteiger partial charge in [0.2, 0.25) is 10.0 Å². The summed E-state index contributed by atoms with van der Waals surface area (Å²) < 4.78 is 27.2. The molecule has 0 aromatic heterocycles. The van der Waals surface area contributed by atoms with Crippen LogP contribution in [0.5, 0.6) is 0 Å². The number of benzene rings is 1. The predicted octanol–water partition coefficient (Wildman–Crippen LogP) is 2.42. The van der Waals surface area contributed by atoms with Gasteiger partial charge in [0.05, 0.1) is 4.90 Å². The van der Waals surface area contributed by atoms with Gasteiger partial charge < -0.3 is 5.73 Å². The number of sulfonamides is 1. The van der Waals surface area contributed by atoms with E-state index >= 15 is 0 Å². The summed E-state index contributed by atoms with van der Waals surface area (Å²) in [5.74, 6) is 0. The Morgan fingerprint density at radius 2 is 1.58 bits per heavy atom. The summed E-state index contributed by atoms with van der Waals surface area (Å²) in [5, 5.41) is 0. The second-order valence-corrected chi connectivity index (χ2v) is 7.78. The van der Waals surface area contributed by atoms with Gasteiger partial charge in [0, 0.05) is 12.1 Å². The van der Waals surface area contributed by atoms with Gasteiger partial charge in [-0.3, -0.25) is 0 Å². The zero-order chi connectivity index (χ0) is 14.8. The Balaban J connectivity index is 2.95. The maximum Gasteiger partial charge on any atom is 0.240 e. The van der Waals surface area contributed by atoms with Crippen molar-refractivity contribution >= 4 is 10.0 Å². The van der Waals surface area contributed by atoms with Crippen molar-refractivity contribution in [1.82, 2.24) is 4.72 Å². The SMILES string of the molecule is CC(N)c1ccc(S(=O)(=O)NC(C)C(C)(C)C)cc1. The van der Waals surface area contributed by atoms with Crippen molar-refractivity contribution in [3.8, 4) is 0 Å². The van der Waals surface area contributed by atoms with Gasteiger partial charge in [0.15, 0.2) is 0 Å². The van der Waals surface area contributed by atoms with Crippen molar-refractivity contribution < 1.29 is 8.42 Å². The van der Waals surface area contributed by atoms with E-state index in [1.165, 1.54) is 0 Å². The van der Waals surface area contributed by atoms with Crippen LogP contribution in [0.3, 0.4) is 0 Å². The molecular weight excluding hydrogens is 260 g/mol. The van der Waals surface area contributed by atoms with E-state index in [9.17, 15) is 8.42 Å². The van der Waals surface area contributed by atoms with Crippen molar-refractivity contribution in [3.05, 3.63) is 29.8 Å². The summed E-state index contributed by atoms with van der Waals surface area (Å²) in [6.45, 7) is 9.73. The number of hydrogen-bond acceptors (Lipinski definition) is 3. The first kappa shape index (κ1) is 16.1. The normalized spacial score (nSPS) is 16.1. The molecule has 0 amide bonds. The lowest BCUT2D eigenvalue weighted by Gasteiger charge is -2.27. The highest BCUT2D eigenvalue weighted by Crippen LogP contribution is 2.21. The van der Waals surface area contributed by atoms with Crippen LogP contribution in [-0.4, -0.2) is 14.5 Å². The average molecular weight is 284 g/mol. The van der Waals surface area contributed by atoms with Gasteiger partial charge in [0.1, 0.15) is 0 Å². The lowest BCUT2D eigenvalue weighted by molar-refractivity contribution is 0.317. The third kappa shape index (κ3) is 4.30. The van der Waals surface area contributed by atoms with Gasteiger partial charge in [-0.05, 0) is 37.0 Å². The molecule has 0 bridgehead atoms. The van der Waals surface area contributed by atoms with Gasteiger partial charge in [-0.25, -0.2) is 13.1 Å². The van der Waals surface area contributed by atoms with Crippen molar-refractivity contribution in [2.75, 3.05) is 0 Å². The topological polar surface area (TPSA) is 72.2 Å². The molecule has 3 N–H and O–H groups in total. The van der Waals surface area contributed by atoms with Gasteiger partial charge in [-0.2, -0.15) is 0 Å². The second kappa shape index (κ2) is 5.61. The standard InChI is InChI=1S/C14H24N2O2S/c1-10(15)12-6-8-13(9-7-12)19(17,18)16-11(2)14(3,4)5/h6-11,16H,15H2,1-5H3. The van der Waals surface area contributed by atoms with Gasteiger partial charge in [0.25, 0.3) is 0 Å². The molecule has 0 fully saturated rings. The summed E-state index contributed by atoms with van der Waals surface area (Å²) in [7, 11) is -3.48. The van der Waals surface area contributed by atoms with E-state index in [4.69, 9.17) is 5.73 Å². The molecule has 2 atom stereocenters. The fraction of sp³-hybridized carbons (Fsp3) is 0.571. The van der Waals surface area contributed by atoms with Crippen molar-refractivity contribution in [3.63, 3.8) is 0 Å². The van der Waals surface area contributed by atoms with E-state index in [-0.39, 0.29) is 22.4 Å². The number of nitrogens with one attached hydrogen (secondary N) is 1. The summed E-state index contributed by atoms with van der Waals surface area (Å²) in [6.07, 6.45) is 0. The van der Waals surface area contributed by atoms with Crippen molar-refractivity contribution in [1.29, 1.82) is 0 Å². The minimum atomic E-state index is -3.48. The summed E-state index contributed by atoms with van der Waals surface area (Å²) >= 11 is 0. The smallest absolute Gasteiger partial charge is 0.240 e. The first-order valence-electron chi connectivity index (χ1n) is 6.42. The molecule has 0 heterocycles. The maximum atomic E-state index is 12.2. The Morgan fingerprint density at radius 1 is 1.11 bits per heavy atom. The summed E-state index contributed by atoms with van der Waals surface area (Å²) in [6, 6.07) is 6.44. The molecule has 4 nitrogen and oxygen atoms in total. The van der Waals surface area contributed by atoms with Crippen LogP contribution in [0.15, 0.2) is 29.2 Å². The van der Waals surface area contributed by atoms with Gasteiger partial charge in [-0.15, -0.1) is 0 Å². The molecule has 5 heteroatoms. The van der Waals surface area contributed by atoms with E-state index in [1.807, 2.05) is 34.6 Å².